The summed E-state index contributed by atoms with van der Waals surface area (Å²) in [6.45, 7) is 10.8. The maximum absolute atomic E-state index is 12.4. The molecule has 0 rings (SSSR count). The third-order valence-corrected chi connectivity index (χ3v) is 4.61. The summed E-state index contributed by atoms with van der Waals surface area (Å²) in [6.07, 6.45) is 10.6. The summed E-state index contributed by atoms with van der Waals surface area (Å²) in [5, 5.41) is 0. The van der Waals surface area contributed by atoms with Crippen molar-refractivity contribution in [3.8, 4) is 0 Å². The number of unbranched alkanes of at least 4 members (excludes halogenated alkanes) is 8. The second-order valence-electron chi connectivity index (χ2n) is 8.27. The monoisotopic (exact) mass is 385 g/mol. The van der Waals surface area contributed by atoms with E-state index < -0.39 is 12.1 Å². The Bertz CT molecular complexity index is 396. The van der Waals surface area contributed by atoms with Crippen LogP contribution < -0.4 is 0 Å². The lowest BCUT2D eigenvalue weighted by molar-refractivity contribution is -0.150. The molecule has 0 N–H and O–H groups in total. The molecule has 5 nitrogen and oxygen atoms in total. The van der Waals surface area contributed by atoms with E-state index >= 15 is 0 Å². The van der Waals surface area contributed by atoms with Crippen LogP contribution in [0.15, 0.2) is 0 Å². The van der Waals surface area contributed by atoms with Gasteiger partial charge in [-0.1, -0.05) is 86.0 Å². The maximum Gasteiger partial charge on any atom is 0.410 e. The van der Waals surface area contributed by atoms with E-state index in [9.17, 15) is 9.59 Å². The van der Waals surface area contributed by atoms with E-state index in [4.69, 9.17) is 9.47 Å². The molecule has 5 heteroatoms. The summed E-state index contributed by atoms with van der Waals surface area (Å²) in [6, 6.07) is -0.608. The maximum atomic E-state index is 12.4. The molecule has 0 aliphatic rings. The molecule has 1 atom stereocenters. The Balaban J connectivity index is 4.07. The number of carbonyl (C=O) groups excluding carboxylic acids is 2. The fourth-order valence-corrected chi connectivity index (χ4v) is 3.00. The van der Waals surface area contributed by atoms with Crippen LogP contribution in [-0.4, -0.2) is 43.3 Å². The van der Waals surface area contributed by atoms with E-state index in [-0.39, 0.29) is 17.8 Å². The average molecular weight is 386 g/mol. The lowest BCUT2D eigenvalue weighted by Crippen LogP contribution is -2.47. The van der Waals surface area contributed by atoms with Crippen molar-refractivity contribution in [1.29, 1.82) is 0 Å². The van der Waals surface area contributed by atoms with Crippen LogP contribution in [0.3, 0.4) is 0 Å². The highest BCUT2D eigenvalue weighted by molar-refractivity contribution is 5.81. The molecule has 160 valence electrons. The van der Waals surface area contributed by atoms with Crippen molar-refractivity contribution in [3.05, 3.63) is 0 Å². The molecule has 0 saturated carbocycles. The number of likely N-dealkylation sites (N-methyl/N-ethyl adjacent to an activating group) is 1. The zero-order valence-corrected chi connectivity index (χ0v) is 18.6. The van der Waals surface area contributed by atoms with Crippen LogP contribution in [0.1, 0.15) is 92.4 Å². The summed E-state index contributed by atoms with van der Waals surface area (Å²) in [4.78, 5) is 25.9. The van der Waals surface area contributed by atoms with Crippen LogP contribution in [-0.2, 0) is 14.3 Å². The van der Waals surface area contributed by atoms with Gasteiger partial charge in [0.05, 0.1) is 13.2 Å². The lowest BCUT2D eigenvalue weighted by Gasteiger charge is -2.29. The first kappa shape index (κ1) is 25.7. The Morgan fingerprint density at radius 1 is 0.815 bits per heavy atom. The zero-order valence-electron chi connectivity index (χ0n) is 18.6. The van der Waals surface area contributed by atoms with Gasteiger partial charge in [0, 0.05) is 7.05 Å². The highest BCUT2D eigenvalue weighted by Crippen LogP contribution is 2.14. The molecule has 1 amide bonds. The summed E-state index contributed by atoms with van der Waals surface area (Å²) >= 11 is 0. The van der Waals surface area contributed by atoms with Gasteiger partial charge < -0.3 is 9.47 Å². The van der Waals surface area contributed by atoms with Gasteiger partial charge in [0.15, 0.2) is 0 Å². The van der Waals surface area contributed by atoms with Gasteiger partial charge >= 0.3 is 12.1 Å². The van der Waals surface area contributed by atoms with Crippen LogP contribution in [0.2, 0.25) is 0 Å². The van der Waals surface area contributed by atoms with Crippen LogP contribution >= 0.6 is 0 Å². The van der Waals surface area contributed by atoms with Crippen molar-refractivity contribution in [2.45, 2.75) is 98.4 Å². The molecule has 27 heavy (non-hydrogen) atoms. The van der Waals surface area contributed by atoms with Crippen LogP contribution in [0.5, 0.6) is 0 Å². The third kappa shape index (κ3) is 12.7. The molecule has 0 aromatic carbocycles. The normalized spacial score (nSPS) is 12.3. The van der Waals surface area contributed by atoms with Gasteiger partial charge in [-0.15, -0.1) is 0 Å². The molecule has 1 unspecified atom stereocenters. The van der Waals surface area contributed by atoms with Crippen molar-refractivity contribution in [3.63, 3.8) is 0 Å². The fourth-order valence-electron chi connectivity index (χ4n) is 3.00. The molecule has 0 radical (unpaired) electrons. The molecule has 0 fully saturated rings. The third-order valence-electron chi connectivity index (χ3n) is 4.61. The second kappa shape index (κ2) is 15.8. The lowest BCUT2D eigenvalue weighted by atomic mass is 10.0. The molecule has 0 aliphatic carbocycles. The fraction of sp³-hybridized carbons (Fsp3) is 0.909. The topological polar surface area (TPSA) is 55.8 Å². The first-order valence-electron chi connectivity index (χ1n) is 10.9. The average Bonchev–Trinajstić information content (AvgIpc) is 2.60. The number of hydrogen-bond acceptors (Lipinski definition) is 4. The standard InChI is InChI=1S/C22H43NO4/c1-7-8-9-10-11-12-13-14-15-16-26-21(24)20(19(4)5)23(6)22(25)27-17-18(2)3/h18-20H,7-17H2,1-6H3. The molecule has 0 aromatic heterocycles. The Morgan fingerprint density at radius 3 is 1.81 bits per heavy atom. The van der Waals surface area contributed by atoms with Crippen molar-refractivity contribution >= 4 is 12.1 Å². The summed E-state index contributed by atoms with van der Waals surface area (Å²) in [5.41, 5.74) is 0. The molecule has 0 bridgehead atoms. The van der Waals surface area contributed by atoms with Crippen LogP contribution in [0.4, 0.5) is 4.79 Å². The van der Waals surface area contributed by atoms with Gasteiger partial charge in [-0.25, -0.2) is 9.59 Å². The van der Waals surface area contributed by atoms with Crippen molar-refractivity contribution in [1.82, 2.24) is 4.90 Å². The quantitative estimate of drug-likeness (QED) is 0.264. The van der Waals surface area contributed by atoms with Gasteiger partial charge in [0.1, 0.15) is 6.04 Å². The molecular weight excluding hydrogens is 342 g/mol. The van der Waals surface area contributed by atoms with Crippen LogP contribution in [0, 0.1) is 11.8 Å². The molecule has 0 saturated heterocycles. The smallest absolute Gasteiger partial charge is 0.410 e. The van der Waals surface area contributed by atoms with Gasteiger partial charge in [0.2, 0.25) is 0 Å². The predicted octanol–water partition coefficient (Wildman–Crippen LogP) is 5.81. The number of rotatable bonds is 15. The molecule has 0 aliphatic heterocycles. The highest BCUT2D eigenvalue weighted by atomic mass is 16.6. The Kier molecular flexibility index (Phi) is 15.0. The van der Waals surface area contributed by atoms with E-state index in [2.05, 4.69) is 6.92 Å². The highest BCUT2D eigenvalue weighted by Gasteiger charge is 2.32. The number of nitrogens with zero attached hydrogens (tertiary/aromatic N) is 1. The Morgan fingerprint density at radius 2 is 1.33 bits per heavy atom. The summed E-state index contributed by atoms with van der Waals surface area (Å²) in [7, 11) is 1.60. The van der Waals surface area contributed by atoms with E-state index in [0.29, 0.717) is 13.2 Å². The largest absolute Gasteiger partial charge is 0.464 e. The summed E-state index contributed by atoms with van der Waals surface area (Å²) < 4.78 is 10.7. The Labute approximate surface area is 167 Å². The van der Waals surface area contributed by atoms with Crippen molar-refractivity contribution in [2.24, 2.45) is 11.8 Å². The SMILES string of the molecule is CCCCCCCCCCCOC(=O)C(C(C)C)N(C)C(=O)OCC(C)C. The van der Waals surface area contributed by atoms with Gasteiger partial charge in [-0.05, 0) is 18.3 Å². The number of amides is 1. The number of carbonyl (C=O) groups is 2. The van der Waals surface area contributed by atoms with Gasteiger partial charge in [-0.2, -0.15) is 0 Å². The van der Waals surface area contributed by atoms with E-state index in [0.717, 1.165) is 12.8 Å². The van der Waals surface area contributed by atoms with Crippen molar-refractivity contribution < 1.29 is 19.1 Å². The van der Waals surface area contributed by atoms with Gasteiger partial charge in [-0.3, -0.25) is 4.90 Å². The van der Waals surface area contributed by atoms with E-state index in [1.807, 2.05) is 27.7 Å². The minimum absolute atomic E-state index is 0.0304. The Hall–Kier alpha value is -1.26. The summed E-state index contributed by atoms with van der Waals surface area (Å²) in [5.74, 6) is -0.107. The molecule has 0 heterocycles. The van der Waals surface area contributed by atoms with E-state index in [1.165, 1.54) is 49.8 Å². The first-order valence-corrected chi connectivity index (χ1v) is 10.9. The zero-order chi connectivity index (χ0) is 20.7. The molecular formula is C22H43NO4. The molecule has 0 spiro atoms. The first-order chi connectivity index (χ1) is 12.8. The number of esters is 1. The molecule has 0 aromatic rings. The van der Waals surface area contributed by atoms with Crippen LogP contribution in [0.25, 0.3) is 0 Å². The minimum Gasteiger partial charge on any atom is -0.464 e. The number of hydrogen-bond donors (Lipinski definition) is 0. The van der Waals surface area contributed by atoms with Crippen molar-refractivity contribution in [2.75, 3.05) is 20.3 Å². The number of ether oxygens (including phenoxy) is 2. The second-order valence-corrected chi connectivity index (χ2v) is 8.27. The predicted molar refractivity (Wildman–Crippen MR) is 111 cm³/mol. The minimum atomic E-state index is -0.608. The van der Waals surface area contributed by atoms with Gasteiger partial charge in [0.25, 0.3) is 0 Å². The van der Waals surface area contributed by atoms with E-state index in [1.54, 1.807) is 7.05 Å².